The number of nitrogens with zero attached hydrogens (tertiary/aromatic N) is 2. The van der Waals surface area contributed by atoms with Crippen LogP contribution in [0.25, 0.3) is 0 Å². The van der Waals surface area contributed by atoms with E-state index >= 15 is 0 Å². The van der Waals surface area contributed by atoms with Crippen molar-refractivity contribution in [3.63, 3.8) is 0 Å². The predicted octanol–water partition coefficient (Wildman–Crippen LogP) is 1.92. The van der Waals surface area contributed by atoms with E-state index in [-0.39, 0.29) is 11.6 Å². The number of hydrogen-bond donors (Lipinski definition) is 2. The Morgan fingerprint density at radius 1 is 1.10 bits per heavy atom. The van der Waals surface area contributed by atoms with Crippen molar-refractivity contribution < 1.29 is 12.8 Å². The molecule has 8 heteroatoms. The molecule has 0 aliphatic heterocycles. The summed E-state index contributed by atoms with van der Waals surface area (Å²) in [6.45, 7) is 5.00. The molecule has 0 saturated carbocycles. The van der Waals surface area contributed by atoms with Crippen LogP contribution in [-0.4, -0.2) is 18.4 Å². The monoisotopic (exact) mass is 310 g/mol. The smallest absolute Gasteiger partial charge is 0.267 e. The Bertz CT molecular complexity index is 786. The van der Waals surface area contributed by atoms with E-state index in [1.54, 1.807) is 26.8 Å². The molecule has 0 atom stereocenters. The van der Waals surface area contributed by atoms with Crippen LogP contribution in [0.3, 0.4) is 0 Å². The highest BCUT2D eigenvalue weighted by Gasteiger charge is 2.21. The summed E-state index contributed by atoms with van der Waals surface area (Å²) in [7, 11) is -4.15. The van der Waals surface area contributed by atoms with E-state index in [4.69, 9.17) is 5.73 Å². The van der Waals surface area contributed by atoms with E-state index in [0.29, 0.717) is 17.0 Å². The minimum Gasteiger partial charge on any atom is -0.398 e. The molecule has 0 aliphatic rings. The fraction of sp³-hybridized carbons (Fsp3) is 0.231. The van der Waals surface area contributed by atoms with Gasteiger partial charge in [-0.2, -0.15) is 0 Å². The molecular weight excluding hydrogens is 295 g/mol. The highest BCUT2D eigenvalue weighted by molar-refractivity contribution is 7.92. The summed E-state index contributed by atoms with van der Waals surface area (Å²) in [6.07, 6.45) is 0. The molecule has 0 unspecified atom stereocenters. The number of sulfonamides is 1. The molecular formula is C13H15FN4O2S. The molecule has 2 aromatic rings. The van der Waals surface area contributed by atoms with Crippen molar-refractivity contribution >= 4 is 21.7 Å². The summed E-state index contributed by atoms with van der Waals surface area (Å²) in [6, 6.07) is 3.85. The largest absolute Gasteiger partial charge is 0.398 e. The van der Waals surface area contributed by atoms with Crippen molar-refractivity contribution in [1.29, 1.82) is 0 Å². The van der Waals surface area contributed by atoms with E-state index in [0.717, 1.165) is 12.1 Å². The van der Waals surface area contributed by atoms with Crippen LogP contribution in [0.1, 0.15) is 17.0 Å². The van der Waals surface area contributed by atoms with Gasteiger partial charge in [0.2, 0.25) is 5.95 Å². The molecule has 0 bridgehead atoms. The van der Waals surface area contributed by atoms with Crippen molar-refractivity contribution in [3.05, 3.63) is 41.0 Å². The zero-order valence-corrected chi connectivity index (χ0v) is 12.6. The zero-order chi connectivity index (χ0) is 15.8. The Morgan fingerprint density at radius 2 is 1.67 bits per heavy atom. The third-order valence-electron chi connectivity index (χ3n) is 2.82. The summed E-state index contributed by atoms with van der Waals surface area (Å²) < 4.78 is 40.5. The fourth-order valence-electron chi connectivity index (χ4n) is 1.82. The second-order valence-corrected chi connectivity index (χ2v) is 6.37. The van der Waals surface area contributed by atoms with Gasteiger partial charge in [0.25, 0.3) is 10.0 Å². The third-order valence-corrected chi connectivity index (χ3v) is 4.16. The van der Waals surface area contributed by atoms with Gasteiger partial charge in [-0.3, -0.25) is 0 Å². The molecule has 21 heavy (non-hydrogen) atoms. The van der Waals surface area contributed by atoms with Crippen LogP contribution in [0.15, 0.2) is 23.1 Å². The Kier molecular flexibility index (Phi) is 3.82. The van der Waals surface area contributed by atoms with E-state index in [1.807, 2.05) is 0 Å². The maximum absolute atomic E-state index is 13.9. The van der Waals surface area contributed by atoms with Gasteiger partial charge >= 0.3 is 0 Å². The minimum absolute atomic E-state index is 0.106. The Labute approximate surface area is 122 Å². The summed E-state index contributed by atoms with van der Waals surface area (Å²) in [5, 5.41) is 0. The van der Waals surface area contributed by atoms with Gasteiger partial charge in [0, 0.05) is 17.1 Å². The molecule has 0 spiro atoms. The first kappa shape index (κ1) is 15.2. The van der Waals surface area contributed by atoms with Crippen LogP contribution >= 0.6 is 0 Å². The van der Waals surface area contributed by atoms with Gasteiger partial charge < -0.3 is 5.73 Å². The summed E-state index contributed by atoms with van der Waals surface area (Å²) >= 11 is 0. The second-order valence-electron chi connectivity index (χ2n) is 4.72. The summed E-state index contributed by atoms with van der Waals surface area (Å²) in [5.41, 5.74) is 7.50. The number of benzene rings is 1. The number of halogens is 1. The molecule has 0 saturated heterocycles. The molecule has 1 heterocycles. The number of aryl methyl sites for hydroxylation is 3. The van der Waals surface area contributed by atoms with Crippen LogP contribution in [0, 0.1) is 26.6 Å². The number of anilines is 2. The molecule has 112 valence electrons. The first-order valence-corrected chi connectivity index (χ1v) is 7.58. The quantitative estimate of drug-likeness (QED) is 0.844. The van der Waals surface area contributed by atoms with Crippen LogP contribution in [0.5, 0.6) is 0 Å². The van der Waals surface area contributed by atoms with Crippen LogP contribution in [-0.2, 0) is 10.0 Å². The maximum Gasteiger partial charge on any atom is 0.267 e. The maximum atomic E-state index is 13.9. The first-order valence-electron chi connectivity index (χ1n) is 6.10. The minimum atomic E-state index is -4.15. The van der Waals surface area contributed by atoms with Crippen LogP contribution in [0.4, 0.5) is 16.0 Å². The lowest BCUT2D eigenvalue weighted by Crippen LogP contribution is -2.17. The van der Waals surface area contributed by atoms with Gasteiger partial charge in [-0.25, -0.2) is 27.5 Å². The SMILES string of the molecule is Cc1cc(C)nc(NS(=O)(=O)c2cc(N)c(C)cc2F)n1. The molecule has 0 radical (unpaired) electrons. The van der Waals surface area contributed by atoms with E-state index in [1.165, 1.54) is 0 Å². The topological polar surface area (TPSA) is 98.0 Å². The van der Waals surface area contributed by atoms with Gasteiger partial charge in [0.1, 0.15) is 10.7 Å². The molecule has 0 fully saturated rings. The lowest BCUT2D eigenvalue weighted by Gasteiger charge is -2.10. The van der Waals surface area contributed by atoms with Crippen molar-refractivity contribution in [3.8, 4) is 0 Å². The number of nitrogen functional groups attached to an aromatic ring is 1. The number of nitrogens with two attached hydrogens (primary N) is 1. The lowest BCUT2D eigenvalue weighted by atomic mass is 10.2. The summed E-state index contributed by atoms with van der Waals surface area (Å²) in [4.78, 5) is 7.38. The average molecular weight is 310 g/mol. The Balaban J connectivity index is 2.45. The molecule has 1 aromatic heterocycles. The molecule has 2 rings (SSSR count). The van der Waals surface area contributed by atoms with Gasteiger partial charge in [-0.1, -0.05) is 0 Å². The van der Waals surface area contributed by atoms with Crippen molar-refractivity contribution in [2.75, 3.05) is 10.5 Å². The van der Waals surface area contributed by atoms with Gasteiger partial charge in [0.15, 0.2) is 0 Å². The Hall–Kier alpha value is -2.22. The number of rotatable bonds is 3. The van der Waals surface area contributed by atoms with Crippen molar-refractivity contribution in [2.24, 2.45) is 0 Å². The molecule has 6 nitrogen and oxygen atoms in total. The summed E-state index contributed by atoms with van der Waals surface area (Å²) in [5.74, 6) is -0.982. The normalized spacial score (nSPS) is 11.4. The van der Waals surface area contributed by atoms with Gasteiger partial charge in [-0.05, 0) is 44.5 Å². The highest BCUT2D eigenvalue weighted by Crippen LogP contribution is 2.23. The number of hydrogen-bond acceptors (Lipinski definition) is 5. The van der Waals surface area contributed by atoms with Crippen molar-refractivity contribution in [2.45, 2.75) is 25.7 Å². The Morgan fingerprint density at radius 3 is 2.24 bits per heavy atom. The first-order chi connectivity index (χ1) is 9.69. The fourth-order valence-corrected chi connectivity index (χ4v) is 2.86. The van der Waals surface area contributed by atoms with Gasteiger partial charge in [0.05, 0.1) is 0 Å². The predicted molar refractivity (Wildman–Crippen MR) is 77.9 cm³/mol. The van der Waals surface area contributed by atoms with E-state index < -0.39 is 20.7 Å². The highest BCUT2D eigenvalue weighted by atomic mass is 32.2. The second kappa shape index (κ2) is 5.28. The van der Waals surface area contributed by atoms with Crippen LogP contribution < -0.4 is 10.5 Å². The van der Waals surface area contributed by atoms with E-state index in [2.05, 4.69) is 14.7 Å². The molecule has 0 aliphatic carbocycles. The lowest BCUT2D eigenvalue weighted by molar-refractivity contribution is 0.569. The van der Waals surface area contributed by atoms with Crippen LogP contribution in [0.2, 0.25) is 0 Å². The molecule has 0 amide bonds. The third kappa shape index (κ3) is 3.27. The molecule has 1 aromatic carbocycles. The van der Waals surface area contributed by atoms with Gasteiger partial charge in [-0.15, -0.1) is 0 Å². The average Bonchev–Trinajstić information content (AvgIpc) is 2.31. The number of nitrogens with one attached hydrogen (secondary N) is 1. The standard InChI is InChI=1S/C13H15FN4O2S/c1-7-4-10(14)12(6-11(7)15)21(19,20)18-13-16-8(2)5-9(3)17-13/h4-6H,15H2,1-3H3,(H,16,17,18). The number of aromatic nitrogens is 2. The van der Waals surface area contributed by atoms with E-state index in [9.17, 15) is 12.8 Å². The van der Waals surface area contributed by atoms with Crippen molar-refractivity contribution in [1.82, 2.24) is 9.97 Å². The molecule has 3 N–H and O–H groups in total. The zero-order valence-electron chi connectivity index (χ0n) is 11.8.